The molecule has 0 aliphatic carbocycles. The molecule has 1 aromatic rings. The fourth-order valence-corrected chi connectivity index (χ4v) is 1.08. The molecule has 0 spiro atoms. The third-order valence-electron chi connectivity index (χ3n) is 2.00. The Morgan fingerprint density at radius 3 is 2.50 bits per heavy atom. The van der Waals surface area contributed by atoms with Gasteiger partial charge in [0.25, 0.3) is 0 Å². The second-order valence-corrected chi connectivity index (χ2v) is 2.94. The Morgan fingerprint density at radius 2 is 1.92 bits per heavy atom. The molecule has 0 radical (unpaired) electrons. The summed E-state index contributed by atoms with van der Waals surface area (Å²) in [6.45, 7) is 2.07. The first-order valence-corrected chi connectivity index (χ1v) is 4.29. The first-order valence-electron chi connectivity index (χ1n) is 4.29. The summed E-state index contributed by atoms with van der Waals surface area (Å²) in [6, 6.07) is 10.5. The van der Waals surface area contributed by atoms with Crippen LogP contribution in [0.2, 0.25) is 0 Å². The third kappa shape index (κ3) is 2.87. The highest BCUT2D eigenvalue weighted by molar-refractivity contribution is 5.81. The highest BCUT2D eigenvalue weighted by Crippen LogP contribution is 2.02. The Kier molecular flexibility index (Phi) is 3.52. The van der Waals surface area contributed by atoms with Crippen LogP contribution < -0.4 is 0 Å². The maximum Gasteiger partial charge on any atom is 0.0276 e. The van der Waals surface area contributed by atoms with Crippen molar-refractivity contribution in [1.29, 1.82) is 0 Å². The van der Waals surface area contributed by atoms with Gasteiger partial charge in [-0.25, -0.2) is 0 Å². The summed E-state index contributed by atoms with van der Waals surface area (Å²) in [7, 11) is 1.85. The summed E-state index contributed by atoms with van der Waals surface area (Å²) >= 11 is 0. The summed E-state index contributed by atoms with van der Waals surface area (Å²) in [5, 5.41) is 0. The van der Waals surface area contributed by atoms with Crippen LogP contribution >= 0.6 is 0 Å². The van der Waals surface area contributed by atoms with E-state index >= 15 is 0 Å². The van der Waals surface area contributed by atoms with Gasteiger partial charge < -0.3 is 0 Å². The second-order valence-electron chi connectivity index (χ2n) is 2.94. The van der Waals surface area contributed by atoms with E-state index in [-0.39, 0.29) is 0 Å². The molecule has 0 saturated carbocycles. The largest absolute Gasteiger partial charge is 0.298 e. The molecule has 0 atom stereocenters. The van der Waals surface area contributed by atoms with Crippen molar-refractivity contribution in [3.8, 4) is 0 Å². The van der Waals surface area contributed by atoms with Crippen LogP contribution in [0.5, 0.6) is 0 Å². The summed E-state index contributed by atoms with van der Waals surface area (Å²) < 4.78 is 0. The first-order chi connectivity index (χ1) is 5.83. The van der Waals surface area contributed by atoms with Gasteiger partial charge in [-0.2, -0.15) is 0 Å². The van der Waals surface area contributed by atoms with Crippen molar-refractivity contribution in [2.75, 3.05) is 7.05 Å². The Balaban J connectivity index is 2.44. The van der Waals surface area contributed by atoms with Gasteiger partial charge >= 0.3 is 0 Å². The number of aryl methyl sites for hydroxylation is 1. The number of hydrogen-bond donors (Lipinski definition) is 0. The molecule has 64 valence electrons. The molecule has 1 heteroatoms. The van der Waals surface area contributed by atoms with Crippen molar-refractivity contribution in [2.24, 2.45) is 4.99 Å². The van der Waals surface area contributed by atoms with Crippen LogP contribution in [0.4, 0.5) is 0 Å². The van der Waals surface area contributed by atoms with Gasteiger partial charge in [0, 0.05) is 12.8 Å². The predicted octanol–water partition coefficient (Wildman–Crippen LogP) is 2.71. The molecule has 1 rings (SSSR count). The first kappa shape index (κ1) is 8.98. The third-order valence-corrected chi connectivity index (χ3v) is 2.00. The number of benzene rings is 1. The molecule has 0 bridgehead atoms. The smallest absolute Gasteiger partial charge is 0.0276 e. The van der Waals surface area contributed by atoms with Crippen molar-refractivity contribution in [3.05, 3.63) is 35.9 Å². The van der Waals surface area contributed by atoms with Crippen LogP contribution in [-0.2, 0) is 6.42 Å². The SMILES string of the molecule is CN=C(C)CCc1ccccc1. The molecule has 0 aromatic heterocycles. The van der Waals surface area contributed by atoms with Gasteiger partial charge in [0.05, 0.1) is 0 Å². The van der Waals surface area contributed by atoms with Gasteiger partial charge in [-0.1, -0.05) is 30.3 Å². The Labute approximate surface area is 74.2 Å². The molecular weight excluding hydrogens is 146 g/mol. The van der Waals surface area contributed by atoms with E-state index in [1.807, 2.05) is 13.1 Å². The summed E-state index contributed by atoms with van der Waals surface area (Å²) in [5.41, 5.74) is 2.61. The van der Waals surface area contributed by atoms with Gasteiger partial charge in [0.2, 0.25) is 0 Å². The van der Waals surface area contributed by atoms with Crippen LogP contribution in [0, 0.1) is 0 Å². The van der Waals surface area contributed by atoms with Gasteiger partial charge in [-0.3, -0.25) is 4.99 Å². The van der Waals surface area contributed by atoms with E-state index in [2.05, 4.69) is 36.2 Å². The maximum atomic E-state index is 4.12. The lowest BCUT2D eigenvalue weighted by Gasteiger charge is -1.99. The lowest BCUT2D eigenvalue weighted by atomic mass is 10.1. The highest BCUT2D eigenvalue weighted by atomic mass is 14.7. The topological polar surface area (TPSA) is 12.4 Å². The van der Waals surface area contributed by atoms with Crippen LogP contribution in [0.3, 0.4) is 0 Å². The monoisotopic (exact) mass is 161 g/mol. The number of rotatable bonds is 3. The second kappa shape index (κ2) is 4.70. The standard InChI is InChI=1S/C11H15N/c1-10(12-2)8-9-11-6-4-3-5-7-11/h3-7H,8-9H2,1-2H3. The summed E-state index contributed by atoms with van der Waals surface area (Å²) in [5.74, 6) is 0. The highest BCUT2D eigenvalue weighted by Gasteiger charge is 1.92. The van der Waals surface area contributed by atoms with E-state index in [9.17, 15) is 0 Å². The number of aliphatic imine (C=N–C) groups is 1. The molecule has 1 aromatic carbocycles. The lowest BCUT2D eigenvalue weighted by Crippen LogP contribution is -1.94. The Bertz CT molecular complexity index is 249. The molecular formula is C11H15N. The fourth-order valence-electron chi connectivity index (χ4n) is 1.08. The zero-order valence-corrected chi connectivity index (χ0v) is 7.75. The minimum Gasteiger partial charge on any atom is -0.298 e. The minimum atomic E-state index is 1.07. The van der Waals surface area contributed by atoms with Crippen LogP contribution in [0.1, 0.15) is 18.9 Å². The predicted molar refractivity (Wildman–Crippen MR) is 53.8 cm³/mol. The molecule has 0 unspecified atom stereocenters. The molecule has 0 aliphatic heterocycles. The van der Waals surface area contributed by atoms with Crippen LogP contribution in [-0.4, -0.2) is 12.8 Å². The quantitative estimate of drug-likeness (QED) is 0.604. The van der Waals surface area contributed by atoms with E-state index in [0.29, 0.717) is 0 Å². The average molecular weight is 161 g/mol. The van der Waals surface area contributed by atoms with Crippen molar-refractivity contribution >= 4 is 5.71 Å². The molecule has 0 saturated heterocycles. The number of nitrogens with zero attached hydrogens (tertiary/aromatic N) is 1. The van der Waals surface area contributed by atoms with Crippen LogP contribution in [0.15, 0.2) is 35.3 Å². The number of hydrogen-bond acceptors (Lipinski definition) is 1. The van der Waals surface area contributed by atoms with Gasteiger partial charge in [0.1, 0.15) is 0 Å². The van der Waals surface area contributed by atoms with Crippen LogP contribution in [0.25, 0.3) is 0 Å². The lowest BCUT2D eigenvalue weighted by molar-refractivity contribution is 1.03. The molecule has 0 fully saturated rings. The molecule has 1 nitrogen and oxygen atoms in total. The molecule has 12 heavy (non-hydrogen) atoms. The summed E-state index contributed by atoms with van der Waals surface area (Å²) in [4.78, 5) is 4.12. The Morgan fingerprint density at radius 1 is 1.25 bits per heavy atom. The van der Waals surface area contributed by atoms with Gasteiger partial charge in [-0.05, 0) is 25.3 Å². The molecule has 0 amide bonds. The minimum absolute atomic E-state index is 1.07. The Hall–Kier alpha value is -1.11. The zero-order chi connectivity index (χ0) is 8.81. The van der Waals surface area contributed by atoms with Gasteiger partial charge in [-0.15, -0.1) is 0 Å². The van der Waals surface area contributed by atoms with Crippen molar-refractivity contribution in [3.63, 3.8) is 0 Å². The fraction of sp³-hybridized carbons (Fsp3) is 0.364. The average Bonchev–Trinajstić information content (AvgIpc) is 2.16. The molecule has 0 N–H and O–H groups in total. The summed E-state index contributed by atoms with van der Waals surface area (Å²) in [6.07, 6.45) is 2.17. The molecule has 0 aliphatic rings. The normalized spacial score (nSPS) is 11.7. The van der Waals surface area contributed by atoms with E-state index < -0.39 is 0 Å². The van der Waals surface area contributed by atoms with E-state index in [1.165, 1.54) is 11.3 Å². The zero-order valence-electron chi connectivity index (χ0n) is 7.75. The van der Waals surface area contributed by atoms with E-state index in [0.717, 1.165) is 12.8 Å². The molecule has 0 heterocycles. The van der Waals surface area contributed by atoms with E-state index in [4.69, 9.17) is 0 Å². The van der Waals surface area contributed by atoms with Crippen molar-refractivity contribution in [1.82, 2.24) is 0 Å². The van der Waals surface area contributed by atoms with Crippen molar-refractivity contribution < 1.29 is 0 Å². The van der Waals surface area contributed by atoms with E-state index in [1.54, 1.807) is 0 Å². The van der Waals surface area contributed by atoms with Gasteiger partial charge in [0.15, 0.2) is 0 Å². The maximum absolute atomic E-state index is 4.12. The van der Waals surface area contributed by atoms with Crippen molar-refractivity contribution in [2.45, 2.75) is 19.8 Å².